The summed E-state index contributed by atoms with van der Waals surface area (Å²) in [6, 6.07) is 0. The Balaban J connectivity index is 1.63. The van der Waals surface area contributed by atoms with Crippen LogP contribution in [0.2, 0.25) is 0 Å². The minimum atomic E-state index is -0.0172. The maximum absolute atomic E-state index is 12.6. The lowest BCUT2D eigenvalue weighted by molar-refractivity contribution is -0.135. The Morgan fingerprint density at radius 2 is 1.82 bits per heavy atom. The van der Waals surface area contributed by atoms with Gasteiger partial charge in [-0.3, -0.25) is 9.59 Å². The summed E-state index contributed by atoms with van der Waals surface area (Å²) in [4.78, 5) is 34.0. The quantitative estimate of drug-likeness (QED) is 0.839. The number of amides is 2. The van der Waals surface area contributed by atoms with E-state index in [1.807, 2.05) is 23.6 Å². The molecule has 1 aromatic heterocycles. The van der Waals surface area contributed by atoms with Crippen molar-refractivity contribution in [1.29, 1.82) is 0 Å². The van der Waals surface area contributed by atoms with Crippen LogP contribution < -0.4 is 0 Å². The van der Waals surface area contributed by atoms with E-state index < -0.39 is 0 Å². The fourth-order valence-electron chi connectivity index (χ4n) is 3.39. The van der Waals surface area contributed by atoms with E-state index in [1.54, 1.807) is 0 Å². The van der Waals surface area contributed by atoms with Crippen molar-refractivity contribution in [1.82, 2.24) is 14.8 Å². The normalized spacial score (nSPS) is 22.2. The first-order chi connectivity index (χ1) is 10.6. The standard InChI is InChI=1S/C16H23N3O2S/c1-11-14(22-12(2)17-11)16(21)19-9-6-13(10-19)15(20)18-7-4-3-5-8-18/h13H,3-10H2,1-2H3/t13-/m0/s1. The number of rotatable bonds is 2. The monoisotopic (exact) mass is 321 g/mol. The molecule has 22 heavy (non-hydrogen) atoms. The van der Waals surface area contributed by atoms with Gasteiger partial charge in [-0.05, 0) is 39.5 Å². The van der Waals surface area contributed by atoms with E-state index in [9.17, 15) is 9.59 Å². The van der Waals surface area contributed by atoms with E-state index in [0.29, 0.717) is 13.1 Å². The molecule has 0 N–H and O–H groups in total. The topological polar surface area (TPSA) is 53.5 Å². The molecule has 2 saturated heterocycles. The second kappa shape index (κ2) is 6.36. The van der Waals surface area contributed by atoms with Crippen LogP contribution in [0.3, 0.4) is 0 Å². The number of nitrogens with zero attached hydrogens (tertiary/aromatic N) is 3. The molecule has 3 rings (SSSR count). The number of hydrogen-bond acceptors (Lipinski definition) is 4. The Morgan fingerprint density at radius 1 is 1.09 bits per heavy atom. The van der Waals surface area contributed by atoms with Crippen molar-refractivity contribution in [3.63, 3.8) is 0 Å². The average molecular weight is 321 g/mol. The summed E-state index contributed by atoms with van der Waals surface area (Å²) < 4.78 is 0. The smallest absolute Gasteiger partial charge is 0.265 e. The molecule has 0 spiro atoms. The van der Waals surface area contributed by atoms with Crippen LogP contribution in [0.5, 0.6) is 0 Å². The first-order valence-electron chi connectivity index (χ1n) is 8.08. The Bertz CT molecular complexity index is 578. The highest BCUT2D eigenvalue weighted by molar-refractivity contribution is 7.13. The van der Waals surface area contributed by atoms with E-state index in [4.69, 9.17) is 0 Å². The maximum Gasteiger partial charge on any atom is 0.265 e. The van der Waals surface area contributed by atoms with Crippen molar-refractivity contribution < 1.29 is 9.59 Å². The minimum absolute atomic E-state index is 0.0172. The summed E-state index contributed by atoms with van der Waals surface area (Å²) in [5.41, 5.74) is 0.804. The summed E-state index contributed by atoms with van der Waals surface area (Å²) in [5, 5.41) is 0.918. The van der Waals surface area contributed by atoms with Crippen LogP contribution in [-0.4, -0.2) is 52.8 Å². The fourth-order valence-corrected chi connectivity index (χ4v) is 4.28. The molecule has 0 aliphatic carbocycles. The Hall–Kier alpha value is -1.43. The molecule has 6 heteroatoms. The molecule has 0 aromatic carbocycles. The summed E-state index contributed by atoms with van der Waals surface area (Å²) in [7, 11) is 0. The van der Waals surface area contributed by atoms with Gasteiger partial charge in [0.15, 0.2) is 0 Å². The van der Waals surface area contributed by atoms with E-state index in [-0.39, 0.29) is 17.7 Å². The summed E-state index contributed by atoms with van der Waals surface area (Å²) >= 11 is 1.45. The highest BCUT2D eigenvalue weighted by Crippen LogP contribution is 2.25. The third kappa shape index (κ3) is 3.02. The Kier molecular flexibility index (Phi) is 4.47. The lowest BCUT2D eigenvalue weighted by atomic mass is 10.0. The van der Waals surface area contributed by atoms with Crippen LogP contribution in [0, 0.1) is 19.8 Å². The molecule has 120 valence electrons. The number of piperidine rings is 1. The van der Waals surface area contributed by atoms with Crippen LogP contribution in [-0.2, 0) is 4.79 Å². The van der Waals surface area contributed by atoms with Crippen molar-refractivity contribution in [2.75, 3.05) is 26.2 Å². The Morgan fingerprint density at radius 3 is 2.45 bits per heavy atom. The van der Waals surface area contributed by atoms with Gasteiger partial charge in [0.25, 0.3) is 5.91 Å². The van der Waals surface area contributed by atoms with Gasteiger partial charge in [0.05, 0.1) is 16.6 Å². The van der Waals surface area contributed by atoms with E-state index in [1.165, 1.54) is 17.8 Å². The van der Waals surface area contributed by atoms with Crippen molar-refractivity contribution in [2.45, 2.75) is 39.5 Å². The van der Waals surface area contributed by atoms with Gasteiger partial charge in [0.1, 0.15) is 4.88 Å². The molecule has 2 aliphatic heterocycles. The van der Waals surface area contributed by atoms with Gasteiger partial charge in [0, 0.05) is 26.2 Å². The molecule has 3 heterocycles. The first kappa shape index (κ1) is 15.5. The largest absolute Gasteiger partial charge is 0.342 e. The van der Waals surface area contributed by atoms with Crippen LogP contribution in [0.15, 0.2) is 0 Å². The number of aromatic nitrogens is 1. The predicted octanol–water partition coefficient (Wildman–Crippen LogP) is 2.23. The molecule has 5 nitrogen and oxygen atoms in total. The fraction of sp³-hybridized carbons (Fsp3) is 0.688. The number of likely N-dealkylation sites (tertiary alicyclic amines) is 2. The number of hydrogen-bond donors (Lipinski definition) is 0. The van der Waals surface area contributed by atoms with Gasteiger partial charge in [-0.2, -0.15) is 0 Å². The number of carbonyl (C=O) groups is 2. The zero-order valence-electron chi connectivity index (χ0n) is 13.3. The number of thiazole rings is 1. The first-order valence-corrected chi connectivity index (χ1v) is 8.90. The maximum atomic E-state index is 12.6. The van der Waals surface area contributed by atoms with Gasteiger partial charge in [0.2, 0.25) is 5.91 Å². The van der Waals surface area contributed by atoms with E-state index >= 15 is 0 Å². The number of carbonyl (C=O) groups excluding carboxylic acids is 2. The van der Waals surface area contributed by atoms with Gasteiger partial charge >= 0.3 is 0 Å². The molecule has 2 fully saturated rings. The van der Waals surface area contributed by atoms with Crippen molar-refractivity contribution in [3.8, 4) is 0 Å². The van der Waals surface area contributed by atoms with Crippen molar-refractivity contribution >= 4 is 23.2 Å². The molecule has 0 unspecified atom stereocenters. The lowest BCUT2D eigenvalue weighted by Gasteiger charge is -2.29. The summed E-state index contributed by atoms with van der Waals surface area (Å²) in [6.07, 6.45) is 4.24. The molecule has 0 radical (unpaired) electrons. The van der Waals surface area contributed by atoms with Crippen molar-refractivity contribution in [3.05, 3.63) is 15.6 Å². The summed E-state index contributed by atoms with van der Waals surface area (Å²) in [5.74, 6) is 0.264. The molecule has 2 aliphatic rings. The van der Waals surface area contributed by atoms with Gasteiger partial charge < -0.3 is 9.80 Å². The molecule has 2 amide bonds. The average Bonchev–Trinajstić information content (AvgIpc) is 3.13. The SMILES string of the molecule is Cc1nc(C)c(C(=O)N2CC[C@H](C(=O)N3CCCCC3)C2)s1. The van der Waals surface area contributed by atoms with Crippen LogP contribution in [0.4, 0.5) is 0 Å². The number of aryl methyl sites for hydroxylation is 2. The van der Waals surface area contributed by atoms with Crippen LogP contribution in [0.1, 0.15) is 46.1 Å². The third-order valence-electron chi connectivity index (χ3n) is 4.59. The molecule has 0 saturated carbocycles. The minimum Gasteiger partial charge on any atom is -0.342 e. The molecular formula is C16H23N3O2S. The van der Waals surface area contributed by atoms with Gasteiger partial charge in [-0.1, -0.05) is 0 Å². The Labute approximate surface area is 135 Å². The zero-order chi connectivity index (χ0) is 15.7. The second-order valence-corrected chi connectivity index (χ2v) is 7.47. The highest BCUT2D eigenvalue weighted by Gasteiger charge is 2.35. The molecule has 1 aromatic rings. The van der Waals surface area contributed by atoms with E-state index in [2.05, 4.69) is 4.98 Å². The lowest BCUT2D eigenvalue weighted by Crippen LogP contribution is -2.41. The molecule has 0 bridgehead atoms. The highest BCUT2D eigenvalue weighted by atomic mass is 32.1. The van der Waals surface area contributed by atoms with Gasteiger partial charge in [-0.15, -0.1) is 11.3 Å². The van der Waals surface area contributed by atoms with Crippen molar-refractivity contribution in [2.24, 2.45) is 5.92 Å². The predicted molar refractivity (Wildman–Crippen MR) is 86.0 cm³/mol. The van der Waals surface area contributed by atoms with Crippen LogP contribution >= 0.6 is 11.3 Å². The van der Waals surface area contributed by atoms with Crippen LogP contribution in [0.25, 0.3) is 0 Å². The van der Waals surface area contributed by atoms with Gasteiger partial charge in [-0.25, -0.2) is 4.98 Å². The summed E-state index contributed by atoms with van der Waals surface area (Å²) in [6.45, 7) is 6.81. The zero-order valence-corrected chi connectivity index (χ0v) is 14.1. The third-order valence-corrected chi connectivity index (χ3v) is 5.65. The van der Waals surface area contributed by atoms with E-state index in [0.717, 1.165) is 47.9 Å². The molecular weight excluding hydrogens is 298 g/mol. The second-order valence-electron chi connectivity index (χ2n) is 6.27. The molecule has 1 atom stereocenters.